The van der Waals surface area contributed by atoms with Crippen LogP contribution in [0.25, 0.3) is 0 Å². The number of anilines is 2. The lowest BCUT2D eigenvalue weighted by molar-refractivity contribution is -0.385. The van der Waals surface area contributed by atoms with Crippen LogP contribution in [-0.4, -0.2) is 14.9 Å². The van der Waals surface area contributed by atoms with Gasteiger partial charge in [-0.1, -0.05) is 41.9 Å². The molecule has 0 unspecified atom stereocenters. The quantitative estimate of drug-likeness (QED) is 0.401. The molecule has 0 bridgehead atoms. The zero-order chi connectivity index (χ0) is 17.6. The Labute approximate surface area is 148 Å². The van der Waals surface area contributed by atoms with Crippen LogP contribution in [0.1, 0.15) is 5.56 Å². The zero-order valence-electron chi connectivity index (χ0n) is 12.9. The minimum Gasteiger partial charge on any atom is -0.482 e. The molecule has 1 heterocycles. The van der Waals surface area contributed by atoms with Crippen molar-refractivity contribution in [2.24, 2.45) is 0 Å². The number of halogens is 1. The predicted molar refractivity (Wildman–Crippen MR) is 94.2 cm³/mol. The van der Waals surface area contributed by atoms with Gasteiger partial charge in [-0.05, 0) is 17.7 Å². The maximum atomic E-state index is 11.3. The summed E-state index contributed by atoms with van der Waals surface area (Å²) in [7, 11) is 0. The van der Waals surface area contributed by atoms with Crippen LogP contribution in [0.2, 0.25) is 5.15 Å². The topological polar surface area (TPSA) is 90.2 Å². The fourth-order valence-corrected chi connectivity index (χ4v) is 2.29. The molecule has 0 saturated carbocycles. The molecule has 0 aliphatic heterocycles. The Bertz CT molecular complexity index is 890. The van der Waals surface area contributed by atoms with Gasteiger partial charge in [-0.25, -0.2) is 9.97 Å². The smallest absolute Gasteiger partial charge is 0.313 e. The zero-order valence-corrected chi connectivity index (χ0v) is 13.7. The number of ether oxygens (including phenoxy) is 1. The third kappa shape index (κ3) is 4.42. The largest absolute Gasteiger partial charge is 0.482 e. The van der Waals surface area contributed by atoms with Gasteiger partial charge in [0.15, 0.2) is 5.75 Å². The lowest BCUT2D eigenvalue weighted by Crippen LogP contribution is -2.00. The Balaban J connectivity index is 1.79. The molecular formula is C17H13ClN4O3. The van der Waals surface area contributed by atoms with Gasteiger partial charge in [-0.2, -0.15) is 0 Å². The molecule has 7 nitrogen and oxygen atoms in total. The van der Waals surface area contributed by atoms with Gasteiger partial charge in [0.1, 0.15) is 23.9 Å². The van der Waals surface area contributed by atoms with Crippen LogP contribution < -0.4 is 10.1 Å². The summed E-state index contributed by atoms with van der Waals surface area (Å²) in [5, 5.41) is 14.6. The van der Waals surface area contributed by atoms with Crippen LogP contribution in [-0.2, 0) is 6.61 Å². The highest BCUT2D eigenvalue weighted by molar-refractivity contribution is 6.29. The van der Waals surface area contributed by atoms with Crippen molar-refractivity contribution >= 4 is 28.8 Å². The highest BCUT2D eigenvalue weighted by atomic mass is 35.5. The normalized spacial score (nSPS) is 10.3. The molecule has 1 N–H and O–H groups in total. The first kappa shape index (κ1) is 16.7. The maximum absolute atomic E-state index is 11.3. The summed E-state index contributed by atoms with van der Waals surface area (Å²) >= 11 is 5.80. The maximum Gasteiger partial charge on any atom is 0.313 e. The first-order valence-electron chi connectivity index (χ1n) is 7.31. The number of aromatic nitrogens is 2. The van der Waals surface area contributed by atoms with Crippen molar-refractivity contribution in [2.45, 2.75) is 6.61 Å². The van der Waals surface area contributed by atoms with Crippen LogP contribution in [0, 0.1) is 10.1 Å². The number of nitrogens with one attached hydrogen (secondary N) is 1. The summed E-state index contributed by atoms with van der Waals surface area (Å²) in [5.74, 6) is 0.632. The molecule has 0 radical (unpaired) electrons. The minimum absolute atomic E-state index is 0.138. The van der Waals surface area contributed by atoms with Crippen LogP contribution >= 0.6 is 11.6 Å². The van der Waals surface area contributed by atoms with Crippen molar-refractivity contribution in [3.8, 4) is 5.75 Å². The van der Waals surface area contributed by atoms with Crippen molar-refractivity contribution in [1.82, 2.24) is 9.97 Å². The van der Waals surface area contributed by atoms with Crippen LogP contribution in [0.5, 0.6) is 5.75 Å². The number of hydrogen-bond acceptors (Lipinski definition) is 6. The molecular weight excluding hydrogens is 344 g/mol. The fourth-order valence-electron chi connectivity index (χ4n) is 2.15. The van der Waals surface area contributed by atoms with E-state index in [0.29, 0.717) is 11.5 Å². The first-order chi connectivity index (χ1) is 12.1. The van der Waals surface area contributed by atoms with E-state index in [1.165, 1.54) is 18.5 Å². The summed E-state index contributed by atoms with van der Waals surface area (Å²) in [6, 6.07) is 15.6. The van der Waals surface area contributed by atoms with Gasteiger partial charge in [-0.15, -0.1) is 0 Å². The minimum atomic E-state index is -0.488. The highest BCUT2D eigenvalue weighted by Gasteiger charge is 2.16. The SMILES string of the molecule is O=[N+]([O-])c1cc(Nc2cc(Cl)ncn2)ccc1OCc1ccccc1. The number of nitrogens with zero attached hydrogens (tertiary/aromatic N) is 3. The number of nitro groups is 1. The lowest BCUT2D eigenvalue weighted by atomic mass is 10.2. The summed E-state index contributed by atoms with van der Waals surface area (Å²) in [5.41, 5.74) is 1.28. The molecule has 3 rings (SSSR count). The Morgan fingerprint density at radius 1 is 1.12 bits per heavy atom. The molecule has 25 heavy (non-hydrogen) atoms. The Morgan fingerprint density at radius 3 is 2.64 bits per heavy atom. The number of hydrogen-bond donors (Lipinski definition) is 1. The van der Waals surface area contributed by atoms with Crippen LogP contribution in [0.4, 0.5) is 17.2 Å². The highest BCUT2D eigenvalue weighted by Crippen LogP contribution is 2.31. The number of benzene rings is 2. The van der Waals surface area contributed by atoms with Gasteiger partial charge >= 0.3 is 5.69 Å². The van der Waals surface area contributed by atoms with E-state index in [0.717, 1.165) is 5.56 Å². The first-order valence-corrected chi connectivity index (χ1v) is 7.69. The molecule has 0 saturated heterocycles. The fraction of sp³-hybridized carbons (Fsp3) is 0.0588. The van der Waals surface area contributed by atoms with Crippen molar-refractivity contribution < 1.29 is 9.66 Å². The third-order valence-corrected chi connectivity index (χ3v) is 3.51. The molecule has 3 aromatic rings. The van der Waals surface area contributed by atoms with Crippen molar-refractivity contribution in [3.63, 3.8) is 0 Å². The van der Waals surface area contributed by atoms with Crippen molar-refractivity contribution in [2.75, 3.05) is 5.32 Å². The van der Waals surface area contributed by atoms with Gasteiger partial charge in [0.25, 0.3) is 0 Å². The lowest BCUT2D eigenvalue weighted by Gasteiger charge is -2.09. The summed E-state index contributed by atoms with van der Waals surface area (Å²) in [6.45, 7) is 0.246. The van der Waals surface area contributed by atoms with Gasteiger partial charge in [0.2, 0.25) is 0 Å². The monoisotopic (exact) mass is 356 g/mol. The van der Waals surface area contributed by atoms with E-state index in [1.807, 2.05) is 30.3 Å². The second-order valence-electron chi connectivity index (χ2n) is 5.06. The van der Waals surface area contributed by atoms with Crippen molar-refractivity contribution in [1.29, 1.82) is 0 Å². The molecule has 0 aliphatic carbocycles. The molecule has 0 fully saturated rings. The summed E-state index contributed by atoms with van der Waals surface area (Å²) in [6.07, 6.45) is 1.30. The molecule has 1 aromatic heterocycles. The Kier molecular flexibility index (Phi) is 5.06. The van der Waals surface area contributed by atoms with Gasteiger partial charge in [0.05, 0.1) is 4.92 Å². The van der Waals surface area contributed by atoms with E-state index in [9.17, 15) is 10.1 Å². The predicted octanol–water partition coefficient (Wildman–Crippen LogP) is 4.36. The van der Waals surface area contributed by atoms with E-state index < -0.39 is 4.92 Å². The standard InChI is InChI=1S/C17H13ClN4O3/c18-16-9-17(20-11-19-16)21-13-6-7-15(14(8-13)22(23)24)25-10-12-4-2-1-3-5-12/h1-9,11H,10H2,(H,19,20,21). The van der Waals surface area contributed by atoms with E-state index in [2.05, 4.69) is 15.3 Å². The van der Waals surface area contributed by atoms with Crippen LogP contribution in [0.3, 0.4) is 0 Å². The third-order valence-electron chi connectivity index (χ3n) is 3.30. The van der Waals surface area contributed by atoms with Gasteiger partial charge < -0.3 is 10.1 Å². The van der Waals surface area contributed by atoms with Gasteiger partial charge in [0, 0.05) is 17.8 Å². The summed E-state index contributed by atoms with van der Waals surface area (Å²) in [4.78, 5) is 18.6. The molecule has 0 amide bonds. The van der Waals surface area contributed by atoms with Crippen LogP contribution in [0.15, 0.2) is 60.9 Å². The average molecular weight is 357 g/mol. The number of rotatable bonds is 6. The average Bonchev–Trinajstić information content (AvgIpc) is 2.61. The number of nitro benzene ring substituents is 1. The van der Waals surface area contributed by atoms with E-state index in [4.69, 9.17) is 16.3 Å². The Hall–Kier alpha value is -3.19. The molecule has 2 aromatic carbocycles. The molecule has 0 spiro atoms. The second kappa shape index (κ2) is 7.59. The van der Waals surface area contributed by atoms with E-state index in [1.54, 1.807) is 12.1 Å². The van der Waals surface area contributed by atoms with Gasteiger partial charge in [-0.3, -0.25) is 10.1 Å². The Morgan fingerprint density at radius 2 is 1.92 bits per heavy atom. The second-order valence-corrected chi connectivity index (χ2v) is 5.45. The van der Waals surface area contributed by atoms with E-state index in [-0.39, 0.29) is 23.2 Å². The summed E-state index contributed by atoms with van der Waals surface area (Å²) < 4.78 is 5.59. The van der Waals surface area contributed by atoms with E-state index >= 15 is 0 Å². The molecule has 8 heteroatoms. The molecule has 126 valence electrons. The van der Waals surface area contributed by atoms with Crippen molar-refractivity contribution in [3.05, 3.63) is 81.8 Å². The molecule has 0 aliphatic rings. The molecule has 0 atom stereocenters.